The molecule has 0 saturated heterocycles. The van der Waals surface area contributed by atoms with Crippen molar-refractivity contribution in [3.05, 3.63) is 51.5 Å². The predicted octanol–water partition coefficient (Wildman–Crippen LogP) is 5.99. The van der Waals surface area contributed by atoms with Crippen LogP contribution in [0.4, 0.5) is 13.2 Å². The van der Waals surface area contributed by atoms with Gasteiger partial charge in [0.15, 0.2) is 0 Å². The van der Waals surface area contributed by atoms with E-state index in [4.69, 9.17) is 28.2 Å². The molecule has 0 aliphatic heterocycles. The van der Waals surface area contributed by atoms with Gasteiger partial charge in [-0.1, -0.05) is 23.8 Å². The molecule has 0 aliphatic rings. The van der Waals surface area contributed by atoms with Crippen molar-refractivity contribution < 1.29 is 17.6 Å². The van der Waals surface area contributed by atoms with Crippen LogP contribution in [0.1, 0.15) is 5.56 Å². The SMILES string of the molecule is FC(F)(F)c1ccc2oc3ccc(Cl)cc3c(=S)c2c1. The van der Waals surface area contributed by atoms with Crippen LogP contribution in [0.5, 0.6) is 0 Å². The summed E-state index contributed by atoms with van der Waals surface area (Å²) in [5.74, 6) is 0. The Labute approximate surface area is 121 Å². The van der Waals surface area contributed by atoms with Crippen molar-refractivity contribution in [3.63, 3.8) is 0 Å². The number of fused-ring (bicyclic) bond motifs is 2. The smallest absolute Gasteiger partial charge is 0.416 e. The van der Waals surface area contributed by atoms with Crippen LogP contribution in [0.3, 0.4) is 0 Å². The monoisotopic (exact) mass is 314 g/mol. The fourth-order valence-corrected chi connectivity index (χ4v) is 2.50. The molecule has 0 bridgehead atoms. The van der Waals surface area contributed by atoms with Crippen LogP contribution in [0, 0.1) is 4.51 Å². The van der Waals surface area contributed by atoms with Crippen molar-refractivity contribution in [2.24, 2.45) is 0 Å². The lowest BCUT2D eigenvalue weighted by Gasteiger charge is -2.08. The van der Waals surface area contributed by atoms with Gasteiger partial charge in [-0.2, -0.15) is 13.2 Å². The molecule has 1 aromatic heterocycles. The molecule has 0 aliphatic carbocycles. The lowest BCUT2D eigenvalue weighted by atomic mass is 10.1. The topological polar surface area (TPSA) is 13.1 Å². The highest BCUT2D eigenvalue weighted by Crippen LogP contribution is 2.34. The summed E-state index contributed by atoms with van der Waals surface area (Å²) in [5.41, 5.74) is 0.0529. The van der Waals surface area contributed by atoms with Crippen molar-refractivity contribution >= 4 is 45.8 Å². The highest BCUT2D eigenvalue weighted by atomic mass is 35.5. The molecule has 20 heavy (non-hydrogen) atoms. The summed E-state index contributed by atoms with van der Waals surface area (Å²) in [6.07, 6.45) is -4.42. The van der Waals surface area contributed by atoms with Gasteiger partial charge in [-0.3, -0.25) is 0 Å². The zero-order valence-corrected chi connectivity index (χ0v) is 11.4. The molecule has 6 heteroatoms. The summed E-state index contributed by atoms with van der Waals surface area (Å²) in [6, 6.07) is 8.12. The Morgan fingerprint density at radius 1 is 0.950 bits per heavy atom. The van der Waals surface area contributed by atoms with Gasteiger partial charge in [0.2, 0.25) is 0 Å². The number of benzene rings is 2. The maximum absolute atomic E-state index is 12.7. The molecule has 0 amide bonds. The molecular formula is C14H6ClF3OS. The molecular weight excluding hydrogens is 309 g/mol. The zero-order chi connectivity index (χ0) is 14.5. The molecule has 102 valence electrons. The van der Waals surface area contributed by atoms with Gasteiger partial charge in [-0.05, 0) is 36.4 Å². The summed E-state index contributed by atoms with van der Waals surface area (Å²) in [6.45, 7) is 0. The minimum Gasteiger partial charge on any atom is -0.456 e. The lowest BCUT2D eigenvalue weighted by molar-refractivity contribution is -0.137. The number of alkyl halides is 3. The molecule has 0 fully saturated rings. The first-order valence-electron chi connectivity index (χ1n) is 5.59. The molecule has 2 aromatic carbocycles. The average Bonchev–Trinajstić information content (AvgIpc) is 2.38. The average molecular weight is 315 g/mol. The third-order valence-corrected chi connectivity index (χ3v) is 3.63. The number of hydrogen-bond donors (Lipinski definition) is 0. The van der Waals surface area contributed by atoms with Gasteiger partial charge in [0.25, 0.3) is 0 Å². The van der Waals surface area contributed by atoms with E-state index < -0.39 is 11.7 Å². The fourth-order valence-electron chi connectivity index (χ4n) is 2.00. The third kappa shape index (κ3) is 2.17. The van der Waals surface area contributed by atoms with Crippen molar-refractivity contribution in [1.29, 1.82) is 0 Å². The first-order chi connectivity index (χ1) is 9.36. The van der Waals surface area contributed by atoms with Crippen LogP contribution in [0.15, 0.2) is 40.8 Å². The Hall–Kier alpha value is -1.59. The van der Waals surface area contributed by atoms with E-state index in [1.54, 1.807) is 18.2 Å². The van der Waals surface area contributed by atoms with Gasteiger partial charge < -0.3 is 4.42 Å². The first kappa shape index (κ1) is 13.4. The van der Waals surface area contributed by atoms with Gasteiger partial charge in [-0.25, -0.2) is 0 Å². The van der Waals surface area contributed by atoms with Crippen LogP contribution in [-0.2, 0) is 6.18 Å². The molecule has 3 aromatic rings. The molecule has 0 spiro atoms. The summed E-state index contributed by atoms with van der Waals surface area (Å²) >= 11 is 11.1. The largest absolute Gasteiger partial charge is 0.456 e. The van der Waals surface area contributed by atoms with Crippen molar-refractivity contribution in [2.75, 3.05) is 0 Å². The highest BCUT2D eigenvalue weighted by Gasteiger charge is 2.30. The Morgan fingerprint density at radius 3 is 2.20 bits per heavy atom. The van der Waals surface area contributed by atoms with E-state index in [2.05, 4.69) is 0 Å². The van der Waals surface area contributed by atoms with Crippen LogP contribution >= 0.6 is 23.8 Å². The van der Waals surface area contributed by atoms with E-state index in [0.29, 0.717) is 26.1 Å². The first-order valence-corrected chi connectivity index (χ1v) is 6.38. The molecule has 3 rings (SSSR count). The number of hydrogen-bond acceptors (Lipinski definition) is 2. The van der Waals surface area contributed by atoms with Gasteiger partial charge in [0.1, 0.15) is 11.2 Å². The van der Waals surface area contributed by atoms with Crippen LogP contribution in [0.2, 0.25) is 5.02 Å². The van der Waals surface area contributed by atoms with Gasteiger partial charge in [0, 0.05) is 15.8 Å². The Morgan fingerprint density at radius 2 is 1.55 bits per heavy atom. The van der Waals surface area contributed by atoms with Crippen LogP contribution in [-0.4, -0.2) is 0 Å². The summed E-state index contributed by atoms with van der Waals surface area (Å²) in [7, 11) is 0. The Kier molecular flexibility index (Phi) is 2.99. The van der Waals surface area contributed by atoms with E-state index in [9.17, 15) is 13.2 Å². The minimum absolute atomic E-state index is 0.254. The lowest BCUT2D eigenvalue weighted by Crippen LogP contribution is -2.04. The van der Waals surface area contributed by atoms with Crippen molar-refractivity contribution in [3.8, 4) is 0 Å². The Balaban J connectivity index is 2.43. The second-order valence-electron chi connectivity index (χ2n) is 4.28. The van der Waals surface area contributed by atoms with E-state index in [0.717, 1.165) is 12.1 Å². The maximum atomic E-state index is 12.7. The second-order valence-corrected chi connectivity index (χ2v) is 5.13. The predicted molar refractivity (Wildman–Crippen MR) is 74.6 cm³/mol. The van der Waals surface area contributed by atoms with Gasteiger partial charge in [-0.15, -0.1) is 0 Å². The zero-order valence-electron chi connectivity index (χ0n) is 9.79. The molecule has 1 nitrogen and oxygen atoms in total. The quantitative estimate of drug-likeness (QED) is 0.373. The summed E-state index contributed by atoms with van der Waals surface area (Å²) in [5, 5.41) is 1.23. The van der Waals surface area contributed by atoms with E-state index >= 15 is 0 Å². The van der Waals surface area contributed by atoms with Gasteiger partial charge in [0.05, 0.1) is 10.1 Å². The molecule has 0 radical (unpaired) electrons. The Bertz CT molecular complexity index is 883. The normalized spacial score (nSPS) is 12.2. The number of rotatable bonds is 0. The van der Waals surface area contributed by atoms with Gasteiger partial charge >= 0.3 is 6.18 Å². The van der Waals surface area contributed by atoms with Crippen LogP contribution in [0.25, 0.3) is 21.9 Å². The summed E-state index contributed by atoms with van der Waals surface area (Å²) < 4.78 is 44.1. The van der Waals surface area contributed by atoms with E-state index in [1.165, 1.54) is 6.07 Å². The fraction of sp³-hybridized carbons (Fsp3) is 0.0714. The van der Waals surface area contributed by atoms with E-state index in [1.807, 2.05) is 0 Å². The number of halogens is 4. The van der Waals surface area contributed by atoms with Crippen molar-refractivity contribution in [1.82, 2.24) is 0 Å². The molecule has 0 unspecified atom stereocenters. The standard InChI is InChI=1S/C14H6ClF3OS/c15-8-2-4-12-10(6-8)13(20)9-5-7(14(16,17)18)1-3-11(9)19-12/h1-6H. The minimum atomic E-state index is -4.42. The molecule has 0 atom stereocenters. The third-order valence-electron chi connectivity index (χ3n) is 2.96. The molecule has 0 saturated carbocycles. The van der Waals surface area contributed by atoms with Crippen LogP contribution < -0.4 is 0 Å². The second kappa shape index (κ2) is 4.46. The maximum Gasteiger partial charge on any atom is 0.416 e. The molecule has 1 heterocycles. The highest BCUT2D eigenvalue weighted by molar-refractivity contribution is 7.72. The van der Waals surface area contributed by atoms with E-state index in [-0.39, 0.29) is 5.39 Å². The van der Waals surface area contributed by atoms with Crippen molar-refractivity contribution in [2.45, 2.75) is 6.18 Å². The molecule has 0 N–H and O–H groups in total. The summed E-state index contributed by atoms with van der Waals surface area (Å²) in [4.78, 5) is 0.